The quantitative estimate of drug-likeness (QED) is 0.139. The predicted octanol–water partition coefficient (Wildman–Crippen LogP) is 6.09. The predicted molar refractivity (Wildman–Crippen MR) is 104 cm³/mol. The van der Waals surface area contributed by atoms with Gasteiger partial charge in [-0.25, -0.2) is 4.79 Å². The minimum absolute atomic E-state index is 0.272. The highest BCUT2D eigenvalue weighted by Gasteiger charge is 2.09. The van der Waals surface area contributed by atoms with Crippen molar-refractivity contribution in [3.63, 3.8) is 0 Å². The summed E-state index contributed by atoms with van der Waals surface area (Å²) in [5, 5.41) is 0. The Bertz CT molecular complexity index is 299. The Balaban J connectivity index is 3.95. The maximum atomic E-state index is 11.6. The Morgan fingerprint density at radius 1 is 0.792 bits per heavy atom. The molecule has 0 saturated heterocycles. The van der Waals surface area contributed by atoms with E-state index >= 15 is 0 Å². The van der Waals surface area contributed by atoms with E-state index in [1.54, 1.807) is 6.92 Å². The van der Waals surface area contributed by atoms with E-state index in [0.717, 1.165) is 13.1 Å². The number of esters is 1. The third-order valence-electron chi connectivity index (χ3n) is 4.38. The molecule has 0 spiro atoms. The molecule has 3 nitrogen and oxygen atoms in total. The molecule has 0 saturated carbocycles. The first kappa shape index (κ1) is 23.2. The van der Waals surface area contributed by atoms with Crippen LogP contribution >= 0.6 is 0 Å². The second kappa shape index (κ2) is 17.0. The van der Waals surface area contributed by atoms with Gasteiger partial charge in [0.2, 0.25) is 0 Å². The van der Waals surface area contributed by atoms with Crippen molar-refractivity contribution in [2.45, 2.75) is 97.8 Å². The Hall–Kier alpha value is -0.830. The molecule has 24 heavy (non-hydrogen) atoms. The second-order valence-corrected chi connectivity index (χ2v) is 6.99. The summed E-state index contributed by atoms with van der Waals surface area (Å²) in [5.41, 5.74) is 0.481. The molecule has 0 aliphatic rings. The molecule has 0 unspecified atom stereocenters. The molecular formula is C21H41NO2. The van der Waals surface area contributed by atoms with Crippen molar-refractivity contribution in [2.75, 3.05) is 19.8 Å². The van der Waals surface area contributed by atoms with Crippen LogP contribution < -0.4 is 0 Å². The van der Waals surface area contributed by atoms with Crippen molar-refractivity contribution in [2.24, 2.45) is 0 Å². The fourth-order valence-corrected chi connectivity index (χ4v) is 2.75. The zero-order valence-corrected chi connectivity index (χ0v) is 16.6. The standard InChI is InChI=1S/C21H41NO2/c1-5-7-9-11-13-15-17-22(19-24-21(23)20(3)4)18-16-14-12-10-8-6-2/h3,5-19H2,1-2,4H3. The first-order valence-corrected chi connectivity index (χ1v) is 10.2. The normalized spacial score (nSPS) is 11.0. The van der Waals surface area contributed by atoms with Crippen molar-refractivity contribution in [3.05, 3.63) is 12.2 Å². The highest BCUT2D eigenvalue weighted by molar-refractivity contribution is 5.86. The van der Waals surface area contributed by atoms with Gasteiger partial charge in [-0.3, -0.25) is 4.90 Å². The van der Waals surface area contributed by atoms with E-state index in [4.69, 9.17) is 4.74 Å². The molecule has 0 aromatic heterocycles. The van der Waals surface area contributed by atoms with Crippen molar-refractivity contribution in [1.29, 1.82) is 0 Å². The number of hydrogen-bond donors (Lipinski definition) is 0. The van der Waals surface area contributed by atoms with Crippen LogP contribution in [-0.4, -0.2) is 30.7 Å². The Morgan fingerprint density at radius 3 is 1.62 bits per heavy atom. The maximum Gasteiger partial charge on any atom is 0.334 e. The van der Waals surface area contributed by atoms with Crippen LogP contribution in [0.4, 0.5) is 0 Å². The van der Waals surface area contributed by atoms with E-state index in [9.17, 15) is 4.79 Å². The van der Waals surface area contributed by atoms with Crippen LogP contribution in [0, 0.1) is 0 Å². The number of unbranched alkanes of at least 4 members (excludes halogenated alkanes) is 10. The summed E-state index contributed by atoms with van der Waals surface area (Å²) in [7, 11) is 0. The summed E-state index contributed by atoms with van der Waals surface area (Å²) in [5.74, 6) is -0.272. The third-order valence-corrected chi connectivity index (χ3v) is 4.38. The first-order chi connectivity index (χ1) is 11.6. The minimum Gasteiger partial charge on any atom is -0.446 e. The second-order valence-electron chi connectivity index (χ2n) is 6.99. The Labute approximate surface area is 150 Å². The summed E-state index contributed by atoms with van der Waals surface area (Å²) >= 11 is 0. The average Bonchev–Trinajstić information content (AvgIpc) is 2.57. The van der Waals surface area contributed by atoms with Crippen molar-refractivity contribution in [1.82, 2.24) is 4.90 Å². The van der Waals surface area contributed by atoms with Gasteiger partial charge in [-0.05, 0) is 19.8 Å². The molecule has 142 valence electrons. The molecule has 0 fully saturated rings. The summed E-state index contributed by atoms with van der Waals surface area (Å²) < 4.78 is 5.34. The monoisotopic (exact) mass is 339 g/mol. The number of nitrogens with zero attached hydrogens (tertiary/aromatic N) is 1. The van der Waals surface area contributed by atoms with Crippen LogP contribution in [0.25, 0.3) is 0 Å². The molecule has 0 atom stereocenters. The van der Waals surface area contributed by atoms with Crippen molar-refractivity contribution in [3.8, 4) is 0 Å². The maximum absolute atomic E-state index is 11.6. The van der Waals surface area contributed by atoms with Gasteiger partial charge >= 0.3 is 5.97 Å². The van der Waals surface area contributed by atoms with Gasteiger partial charge in [0.25, 0.3) is 0 Å². The van der Waals surface area contributed by atoms with Gasteiger partial charge in [0.1, 0.15) is 6.73 Å². The fourth-order valence-electron chi connectivity index (χ4n) is 2.75. The number of carbonyl (C=O) groups excluding carboxylic acids is 1. The molecule has 0 heterocycles. The molecule has 0 aliphatic carbocycles. The summed E-state index contributed by atoms with van der Waals surface area (Å²) in [6, 6.07) is 0. The van der Waals surface area contributed by atoms with E-state index < -0.39 is 0 Å². The van der Waals surface area contributed by atoms with Crippen molar-refractivity contribution < 1.29 is 9.53 Å². The smallest absolute Gasteiger partial charge is 0.334 e. The molecule has 3 heteroatoms. The lowest BCUT2D eigenvalue weighted by Gasteiger charge is -2.22. The summed E-state index contributed by atoms with van der Waals surface area (Å²) in [6.07, 6.45) is 15.6. The van der Waals surface area contributed by atoms with E-state index in [1.165, 1.54) is 77.0 Å². The lowest BCUT2D eigenvalue weighted by molar-refractivity contribution is -0.143. The van der Waals surface area contributed by atoms with Crippen LogP contribution in [0.3, 0.4) is 0 Å². The summed E-state index contributed by atoms with van der Waals surface area (Å²) in [4.78, 5) is 13.9. The first-order valence-electron chi connectivity index (χ1n) is 10.2. The lowest BCUT2D eigenvalue weighted by Crippen LogP contribution is -2.30. The molecule has 0 amide bonds. The highest BCUT2D eigenvalue weighted by atomic mass is 16.5. The van der Waals surface area contributed by atoms with Crippen LogP contribution in [0.5, 0.6) is 0 Å². The molecule has 0 aromatic rings. The number of carbonyl (C=O) groups is 1. The average molecular weight is 340 g/mol. The molecule has 0 aliphatic heterocycles. The van der Waals surface area contributed by atoms with Gasteiger partial charge in [0.15, 0.2) is 0 Å². The van der Waals surface area contributed by atoms with Gasteiger partial charge in [-0.1, -0.05) is 84.6 Å². The largest absolute Gasteiger partial charge is 0.446 e. The fraction of sp³-hybridized carbons (Fsp3) is 0.857. The molecule has 0 bridgehead atoms. The Kier molecular flexibility index (Phi) is 16.4. The van der Waals surface area contributed by atoms with Gasteiger partial charge in [0.05, 0.1) is 0 Å². The molecule has 0 N–H and O–H groups in total. The van der Waals surface area contributed by atoms with Crippen LogP contribution in [0.2, 0.25) is 0 Å². The van der Waals surface area contributed by atoms with Crippen LogP contribution in [-0.2, 0) is 9.53 Å². The van der Waals surface area contributed by atoms with E-state index in [2.05, 4.69) is 25.3 Å². The minimum atomic E-state index is -0.272. The highest BCUT2D eigenvalue weighted by Crippen LogP contribution is 2.09. The van der Waals surface area contributed by atoms with E-state index in [0.29, 0.717) is 12.3 Å². The Morgan fingerprint density at radius 2 is 1.21 bits per heavy atom. The SMILES string of the molecule is C=C(C)C(=O)OCN(CCCCCCCC)CCCCCCCC. The molecule has 0 rings (SSSR count). The van der Waals surface area contributed by atoms with Gasteiger partial charge in [-0.2, -0.15) is 0 Å². The van der Waals surface area contributed by atoms with Gasteiger partial charge in [0, 0.05) is 18.7 Å². The van der Waals surface area contributed by atoms with Crippen molar-refractivity contribution >= 4 is 5.97 Å². The van der Waals surface area contributed by atoms with E-state index in [1.807, 2.05) is 0 Å². The lowest BCUT2D eigenvalue weighted by atomic mass is 10.1. The third kappa shape index (κ3) is 14.7. The van der Waals surface area contributed by atoms with Crippen LogP contribution in [0.1, 0.15) is 97.8 Å². The summed E-state index contributed by atoms with van der Waals surface area (Å²) in [6.45, 7) is 12.3. The van der Waals surface area contributed by atoms with Crippen LogP contribution in [0.15, 0.2) is 12.2 Å². The van der Waals surface area contributed by atoms with Gasteiger partial charge in [-0.15, -0.1) is 0 Å². The zero-order valence-electron chi connectivity index (χ0n) is 16.6. The number of ether oxygens (including phenoxy) is 1. The molecule has 0 radical (unpaired) electrons. The molecule has 0 aromatic carbocycles. The van der Waals surface area contributed by atoms with E-state index in [-0.39, 0.29) is 5.97 Å². The van der Waals surface area contributed by atoms with Gasteiger partial charge < -0.3 is 4.74 Å². The number of hydrogen-bond acceptors (Lipinski definition) is 3. The zero-order chi connectivity index (χ0) is 18.0. The number of rotatable bonds is 17. The topological polar surface area (TPSA) is 29.5 Å². The molecular weight excluding hydrogens is 298 g/mol.